The molecule has 0 saturated carbocycles. The number of aryl methyl sites for hydroxylation is 4. The third kappa shape index (κ3) is 6.99. The van der Waals surface area contributed by atoms with E-state index in [1.807, 2.05) is 13.8 Å². The maximum atomic E-state index is 13.0. The Morgan fingerprint density at radius 3 is 1.20 bits per heavy atom. The summed E-state index contributed by atoms with van der Waals surface area (Å²) in [6.07, 6.45) is 0. The van der Waals surface area contributed by atoms with Gasteiger partial charge in [-0.2, -0.15) is 16.8 Å². The molecule has 2 N–H and O–H groups in total. The predicted molar refractivity (Wildman–Crippen MR) is 153 cm³/mol. The van der Waals surface area contributed by atoms with Crippen molar-refractivity contribution in [1.29, 1.82) is 0 Å². The summed E-state index contributed by atoms with van der Waals surface area (Å²) >= 11 is 0. The summed E-state index contributed by atoms with van der Waals surface area (Å²) in [7, 11) is -8.37. The minimum atomic E-state index is -4.18. The zero-order valence-corrected chi connectivity index (χ0v) is 23.9. The molecule has 11 heteroatoms. The number of urea groups is 1. The number of rotatable bonds is 8. The molecule has 0 aliphatic heterocycles. The van der Waals surface area contributed by atoms with Crippen molar-refractivity contribution in [2.24, 2.45) is 0 Å². The third-order valence-corrected chi connectivity index (χ3v) is 8.29. The van der Waals surface area contributed by atoms with Crippen LogP contribution in [-0.2, 0) is 20.2 Å². The van der Waals surface area contributed by atoms with Crippen LogP contribution in [0.3, 0.4) is 0 Å². The van der Waals surface area contributed by atoms with Gasteiger partial charge in [-0.3, -0.25) is 0 Å². The second kappa shape index (κ2) is 11.4. The Hall–Kier alpha value is -4.35. The first kappa shape index (κ1) is 28.7. The largest absolute Gasteiger partial charge is 0.377 e. The van der Waals surface area contributed by atoms with E-state index < -0.39 is 26.3 Å². The highest BCUT2D eigenvalue weighted by Gasteiger charge is 2.22. The molecule has 4 aromatic rings. The molecule has 0 radical (unpaired) electrons. The minimum Gasteiger partial charge on any atom is -0.377 e. The van der Waals surface area contributed by atoms with Gasteiger partial charge in [-0.05, 0) is 87.4 Å². The van der Waals surface area contributed by atoms with Gasteiger partial charge in [0.25, 0.3) is 0 Å². The molecular formula is C29H28N2O7S2. The summed E-state index contributed by atoms with van der Waals surface area (Å²) in [5.41, 5.74) is 3.35. The topological polar surface area (TPSA) is 128 Å². The highest BCUT2D eigenvalue weighted by atomic mass is 32.2. The van der Waals surface area contributed by atoms with E-state index in [0.29, 0.717) is 11.1 Å². The van der Waals surface area contributed by atoms with Crippen LogP contribution in [0.4, 0.5) is 16.2 Å². The zero-order valence-electron chi connectivity index (χ0n) is 22.3. The Balaban J connectivity index is 1.56. The fourth-order valence-electron chi connectivity index (χ4n) is 3.62. The van der Waals surface area contributed by atoms with E-state index in [1.165, 1.54) is 48.5 Å². The van der Waals surface area contributed by atoms with Gasteiger partial charge in [-0.1, -0.05) is 47.5 Å². The highest BCUT2D eigenvalue weighted by Crippen LogP contribution is 2.32. The van der Waals surface area contributed by atoms with Gasteiger partial charge in [0.15, 0.2) is 11.5 Å². The molecule has 40 heavy (non-hydrogen) atoms. The first-order valence-corrected chi connectivity index (χ1v) is 15.0. The summed E-state index contributed by atoms with van der Waals surface area (Å²) in [6.45, 7) is 7.17. The van der Waals surface area contributed by atoms with Crippen LogP contribution in [0.1, 0.15) is 22.3 Å². The zero-order chi connectivity index (χ0) is 29.1. The van der Waals surface area contributed by atoms with Gasteiger partial charge in [0, 0.05) is 0 Å². The van der Waals surface area contributed by atoms with Crippen LogP contribution in [0.5, 0.6) is 11.5 Å². The Morgan fingerprint density at radius 1 is 0.525 bits per heavy atom. The molecule has 0 saturated heterocycles. The Kier molecular flexibility index (Phi) is 8.17. The average Bonchev–Trinajstić information content (AvgIpc) is 2.87. The van der Waals surface area contributed by atoms with Crippen LogP contribution >= 0.6 is 0 Å². The summed E-state index contributed by atoms with van der Waals surface area (Å²) in [6, 6.07) is 20.9. The first-order chi connectivity index (χ1) is 18.8. The molecule has 0 aromatic heterocycles. The van der Waals surface area contributed by atoms with E-state index in [4.69, 9.17) is 8.37 Å². The second-order valence-electron chi connectivity index (χ2n) is 9.28. The van der Waals surface area contributed by atoms with Crippen molar-refractivity contribution < 1.29 is 30.0 Å². The lowest BCUT2D eigenvalue weighted by Gasteiger charge is -2.16. The smallest absolute Gasteiger partial charge is 0.339 e. The maximum Gasteiger partial charge on any atom is 0.339 e. The van der Waals surface area contributed by atoms with Crippen molar-refractivity contribution >= 4 is 37.6 Å². The minimum absolute atomic E-state index is 0.0359. The second-order valence-corrected chi connectivity index (χ2v) is 12.4. The van der Waals surface area contributed by atoms with Gasteiger partial charge in [-0.15, -0.1) is 0 Å². The summed E-state index contributed by atoms with van der Waals surface area (Å²) in [5.74, 6) is -0.170. The van der Waals surface area contributed by atoms with E-state index in [1.54, 1.807) is 50.2 Å². The van der Waals surface area contributed by atoms with Gasteiger partial charge < -0.3 is 19.0 Å². The van der Waals surface area contributed by atoms with Gasteiger partial charge in [0.2, 0.25) is 0 Å². The van der Waals surface area contributed by atoms with Crippen molar-refractivity contribution in [3.63, 3.8) is 0 Å². The van der Waals surface area contributed by atoms with Crippen LogP contribution < -0.4 is 19.0 Å². The van der Waals surface area contributed by atoms with Gasteiger partial charge >= 0.3 is 26.3 Å². The number of amides is 2. The van der Waals surface area contributed by atoms with Gasteiger partial charge in [-0.25, -0.2) is 4.79 Å². The van der Waals surface area contributed by atoms with Crippen molar-refractivity contribution in [2.45, 2.75) is 37.5 Å². The Morgan fingerprint density at radius 2 is 0.850 bits per heavy atom. The molecule has 0 atom stereocenters. The van der Waals surface area contributed by atoms with Crippen LogP contribution in [-0.4, -0.2) is 22.9 Å². The van der Waals surface area contributed by atoms with Crippen LogP contribution in [0.15, 0.2) is 94.7 Å². The molecule has 2 amide bonds. The molecule has 0 spiro atoms. The summed E-state index contributed by atoms with van der Waals surface area (Å²) in [5, 5.41) is 5.13. The normalized spacial score (nSPS) is 11.5. The maximum absolute atomic E-state index is 13.0. The van der Waals surface area contributed by atoms with Crippen molar-refractivity contribution in [3.8, 4) is 11.5 Å². The standard InChI is InChI=1S/C29H28N2O7S2/c1-19-5-11-23(12-6-19)39(33,34)37-27-17-21(3)9-15-25(27)30-29(32)31-26-16-10-22(4)18-28(26)38-40(35,36)24-13-7-20(2)8-14-24/h5-18H,1-4H3,(H2,30,31,32). The van der Waals surface area contributed by atoms with Crippen molar-refractivity contribution in [3.05, 3.63) is 107 Å². The first-order valence-electron chi connectivity index (χ1n) is 12.1. The lowest BCUT2D eigenvalue weighted by molar-refractivity contribution is 0.262. The molecule has 4 aromatic carbocycles. The van der Waals surface area contributed by atoms with E-state index in [2.05, 4.69) is 10.6 Å². The number of anilines is 2. The molecule has 4 rings (SSSR count). The molecule has 0 unspecified atom stereocenters. The van der Waals surface area contributed by atoms with Crippen molar-refractivity contribution in [2.75, 3.05) is 10.6 Å². The number of hydrogen-bond acceptors (Lipinski definition) is 7. The van der Waals surface area contributed by atoms with Gasteiger partial charge in [0.1, 0.15) is 9.79 Å². The number of carbonyl (C=O) groups is 1. The fraction of sp³-hybridized carbons (Fsp3) is 0.138. The number of carbonyl (C=O) groups excluding carboxylic acids is 1. The molecule has 0 aliphatic rings. The quantitative estimate of drug-likeness (QED) is 0.241. The van der Waals surface area contributed by atoms with E-state index in [-0.39, 0.29) is 32.7 Å². The van der Waals surface area contributed by atoms with Crippen LogP contribution in [0, 0.1) is 27.7 Å². The van der Waals surface area contributed by atoms with Crippen molar-refractivity contribution in [1.82, 2.24) is 0 Å². The van der Waals surface area contributed by atoms with Crippen LogP contribution in [0.2, 0.25) is 0 Å². The molecule has 0 bridgehead atoms. The summed E-state index contributed by atoms with van der Waals surface area (Å²) in [4.78, 5) is 12.9. The predicted octanol–water partition coefficient (Wildman–Crippen LogP) is 6.10. The number of nitrogens with one attached hydrogen (secondary N) is 2. The molecule has 9 nitrogen and oxygen atoms in total. The molecule has 0 heterocycles. The number of benzene rings is 4. The Bertz CT molecular complexity index is 1640. The molecule has 0 fully saturated rings. The van der Waals surface area contributed by atoms with E-state index in [9.17, 15) is 21.6 Å². The highest BCUT2D eigenvalue weighted by molar-refractivity contribution is 7.87. The third-order valence-electron chi connectivity index (χ3n) is 5.79. The SMILES string of the molecule is Cc1ccc(S(=O)(=O)Oc2cc(C)ccc2NC(=O)Nc2ccc(C)cc2OS(=O)(=O)c2ccc(C)cc2)cc1. The fourth-order valence-corrected chi connectivity index (χ4v) is 5.50. The lowest BCUT2D eigenvalue weighted by Crippen LogP contribution is -2.21. The monoisotopic (exact) mass is 580 g/mol. The number of hydrogen-bond donors (Lipinski definition) is 2. The van der Waals surface area contributed by atoms with E-state index in [0.717, 1.165) is 11.1 Å². The lowest BCUT2D eigenvalue weighted by atomic mass is 10.2. The Labute approximate surface area is 234 Å². The van der Waals surface area contributed by atoms with Gasteiger partial charge in [0.05, 0.1) is 11.4 Å². The molecule has 208 valence electrons. The van der Waals surface area contributed by atoms with E-state index >= 15 is 0 Å². The molecular weight excluding hydrogens is 552 g/mol. The summed E-state index contributed by atoms with van der Waals surface area (Å²) < 4.78 is 62.3. The molecule has 0 aliphatic carbocycles. The van der Waals surface area contributed by atoms with Crippen LogP contribution in [0.25, 0.3) is 0 Å². The average molecular weight is 581 g/mol.